The number of amides is 1. The minimum Gasteiger partial charge on any atom is -0.497 e. The number of sulfonamides is 1. The van der Waals surface area contributed by atoms with Gasteiger partial charge in [0.2, 0.25) is 15.8 Å². The second kappa shape index (κ2) is 12.6. The normalized spacial score (nSPS) is 12.4. The molecule has 0 saturated heterocycles. The molecular formula is C29H29FN4O8S. The van der Waals surface area contributed by atoms with Gasteiger partial charge in [-0.05, 0) is 93.4 Å². The number of benzene rings is 3. The number of carboxylic acids is 1. The molecule has 4 aromatic rings. The van der Waals surface area contributed by atoms with Gasteiger partial charge in [0.15, 0.2) is 0 Å². The minimum absolute atomic E-state index is 0.00680. The van der Waals surface area contributed by atoms with Crippen molar-refractivity contribution in [2.24, 2.45) is 0 Å². The maximum atomic E-state index is 15.1. The highest BCUT2D eigenvalue weighted by Gasteiger charge is 2.26. The zero-order chi connectivity index (χ0) is 31.4. The lowest BCUT2D eigenvalue weighted by Crippen LogP contribution is -2.42. The zero-order valence-corrected chi connectivity index (χ0v) is 24.4. The Morgan fingerprint density at radius 2 is 1.72 bits per heavy atom. The summed E-state index contributed by atoms with van der Waals surface area (Å²) in [7, 11) is -2.76. The van der Waals surface area contributed by atoms with E-state index in [4.69, 9.17) is 14.0 Å². The number of nitrogens with one attached hydrogen (secondary N) is 2. The van der Waals surface area contributed by atoms with Gasteiger partial charge in [-0.2, -0.15) is 9.71 Å². The largest absolute Gasteiger partial charge is 0.497 e. The van der Waals surface area contributed by atoms with Gasteiger partial charge in [-0.1, -0.05) is 11.2 Å². The van der Waals surface area contributed by atoms with Crippen molar-refractivity contribution < 1.29 is 41.5 Å². The molecule has 12 nitrogen and oxygen atoms in total. The standard InChI is InChI=1S/C29H29FN4O8S/c1-29(2,3)41-28(37)31-19-8-6-18(7-9-19)26-32-25(33-42-26)22-14-5-17(15-23(22)30)16-24(27(35)36)34-43(38,39)21-12-10-20(40-4)11-13-21/h5-15,24,34H,16H2,1-4H3,(H,31,37)(H,35,36). The van der Waals surface area contributed by atoms with Gasteiger partial charge < -0.3 is 19.1 Å². The summed E-state index contributed by atoms with van der Waals surface area (Å²) in [6, 6.07) is 14.2. The van der Waals surface area contributed by atoms with Crippen molar-refractivity contribution in [1.29, 1.82) is 0 Å². The van der Waals surface area contributed by atoms with E-state index in [1.54, 1.807) is 45.0 Å². The molecule has 1 heterocycles. The molecular weight excluding hydrogens is 583 g/mol. The number of nitrogens with zero attached hydrogens (tertiary/aromatic N) is 2. The summed E-state index contributed by atoms with van der Waals surface area (Å²) < 4.78 is 58.2. The van der Waals surface area contributed by atoms with Crippen LogP contribution in [0, 0.1) is 5.82 Å². The molecule has 226 valence electrons. The highest BCUT2D eigenvalue weighted by Crippen LogP contribution is 2.26. The third kappa shape index (κ3) is 8.14. The van der Waals surface area contributed by atoms with Crippen LogP contribution in [0.15, 0.2) is 76.1 Å². The van der Waals surface area contributed by atoms with Crippen LogP contribution < -0.4 is 14.8 Å². The van der Waals surface area contributed by atoms with E-state index in [-0.39, 0.29) is 34.2 Å². The lowest BCUT2D eigenvalue weighted by atomic mass is 10.0. The molecule has 1 unspecified atom stereocenters. The van der Waals surface area contributed by atoms with Crippen LogP contribution in [0.2, 0.25) is 0 Å². The first-order valence-electron chi connectivity index (χ1n) is 12.9. The first kappa shape index (κ1) is 31.1. The Labute approximate surface area is 246 Å². The van der Waals surface area contributed by atoms with Crippen molar-refractivity contribution in [2.45, 2.75) is 43.7 Å². The summed E-state index contributed by atoms with van der Waals surface area (Å²) in [5.74, 6) is -1.71. The smallest absolute Gasteiger partial charge is 0.412 e. The Hall–Kier alpha value is -4.82. The molecule has 0 aliphatic rings. The molecule has 0 aliphatic heterocycles. The van der Waals surface area contributed by atoms with Gasteiger partial charge in [0.1, 0.15) is 23.2 Å². The van der Waals surface area contributed by atoms with E-state index in [0.29, 0.717) is 17.0 Å². The third-order valence-corrected chi connectivity index (χ3v) is 7.37. The number of halogens is 1. The molecule has 1 aromatic heterocycles. The molecule has 14 heteroatoms. The molecule has 0 spiro atoms. The first-order valence-corrected chi connectivity index (χ1v) is 14.3. The minimum atomic E-state index is -4.19. The number of carbonyl (C=O) groups is 2. The Kier molecular flexibility index (Phi) is 9.11. The van der Waals surface area contributed by atoms with Crippen LogP contribution in [0.25, 0.3) is 22.8 Å². The maximum absolute atomic E-state index is 15.1. The van der Waals surface area contributed by atoms with Crippen LogP contribution in [-0.2, 0) is 26.0 Å². The third-order valence-electron chi connectivity index (χ3n) is 5.88. The highest BCUT2D eigenvalue weighted by molar-refractivity contribution is 7.89. The molecule has 1 atom stereocenters. The number of hydrogen-bond donors (Lipinski definition) is 3. The van der Waals surface area contributed by atoms with Crippen LogP contribution in [0.3, 0.4) is 0 Å². The summed E-state index contributed by atoms with van der Waals surface area (Å²) in [4.78, 5) is 27.9. The average Bonchev–Trinajstić information content (AvgIpc) is 3.42. The number of aliphatic carboxylic acids is 1. The number of anilines is 1. The first-order chi connectivity index (χ1) is 20.2. The highest BCUT2D eigenvalue weighted by atomic mass is 32.2. The van der Waals surface area contributed by atoms with E-state index in [9.17, 15) is 23.1 Å². The molecule has 1 amide bonds. The summed E-state index contributed by atoms with van der Waals surface area (Å²) in [5, 5.41) is 16.1. The van der Waals surface area contributed by atoms with E-state index >= 15 is 4.39 Å². The Bertz CT molecular complexity index is 1720. The average molecular weight is 613 g/mol. The monoisotopic (exact) mass is 612 g/mol. The van der Waals surface area contributed by atoms with Gasteiger partial charge in [0.25, 0.3) is 5.89 Å². The van der Waals surface area contributed by atoms with Gasteiger partial charge in [0.05, 0.1) is 17.6 Å². The van der Waals surface area contributed by atoms with Crippen molar-refractivity contribution in [2.75, 3.05) is 12.4 Å². The van der Waals surface area contributed by atoms with E-state index in [0.717, 1.165) is 6.07 Å². The molecule has 4 rings (SSSR count). The molecule has 3 aromatic carbocycles. The lowest BCUT2D eigenvalue weighted by molar-refractivity contribution is -0.138. The van der Waals surface area contributed by atoms with Gasteiger partial charge in [-0.15, -0.1) is 0 Å². The Morgan fingerprint density at radius 1 is 1.05 bits per heavy atom. The SMILES string of the molecule is COc1ccc(S(=O)(=O)NC(Cc2ccc(-c3noc(-c4ccc(NC(=O)OC(C)(C)C)cc4)n3)c(F)c2)C(=O)O)cc1. The molecule has 43 heavy (non-hydrogen) atoms. The molecule has 0 bridgehead atoms. The van der Waals surface area contributed by atoms with Crippen molar-refractivity contribution in [3.05, 3.63) is 78.1 Å². The second-order valence-electron chi connectivity index (χ2n) is 10.3. The van der Waals surface area contributed by atoms with Gasteiger partial charge >= 0.3 is 12.1 Å². The number of carboxylic acid groups (broad SMARTS) is 1. The number of rotatable bonds is 10. The fraction of sp³-hybridized carbons (Fsp3) is 0.241. The molecule has 0 aliphatic carbocycles. The topological polar surface area (TPSA) is 170 Å². The van der Waals surface area contributed by atoms with Crippen molar-refractivity contribution in [1.82, 2.24) is 14.9 Å². The second-order valence-corrected chi connectivity index (χ2v) is 12.0. The van der Waals surface area contributed by atoms with Gasteiger partial charge in [-0.25, -0.2) is 17.6 Å². The Balaban J connectivity index is 1.45. The van der Waals surface area contributed by atoms with Crippen LogP contribution in [0.5, 0.6) is 5.75 Å². The van der Waals surface area contributed by atoms with E-state index in [1.165, 1.54) is 43.5 Å². The van der Waals surface area contributed by atoms with Crippen molar-refractivity contribution in [3.63, 3.8) is 0 Å². The predicted octanol–water partition coefficient (Wildman–Crippen LogP) is 4.87. The van der Waals surface area contributed by atoms with Crippen LogP contribution in [0.1, 0.15) is 26.3 Å². The van der Waals surface area contributed by atoms with Crippen molar-refractivity contribution >= 4 is 27.8 Å². The summed E-state index contributed by atoms with van der Waals surface area (Å²) in [6.07, 6.45) is -0.938. The van der Waals surface area contributed by atoms with Crippen LogP contribution in [-0.4, -0.2) is 54.5 Å². The van der Waals surface area contributed by atoms with Crippen molar-refractivity contribution in [3.8, 4) is 28.6 Å². The van der Waals surface area contributed by atoms with E-state index in [2.05, 4.69) is 20.2 Å². The van der Waals surface area contributed by atoms with Crippen LogP contribution in [0.4, 0.5) is 14.9 Å². The molecule has 3 N–H and O–H groups in total. The summed E-state index contributed by atoms with van der Waals surface area (Å²) in [6.45, 7) is 5.25. The maximum Gasteiger partial charge on any atom is 0.412 e. The quantitative estimate of drug-likeness (QED) is 0.224. The van der Waals surface area contributed by atoms with E-state index in [1.807, 2.05) is 0 Å². The zero-order valence-electron chi connectivity index (χ0n) is 23.6. The van der Waals surface area contributed by atoms with Gasteiger partial charge in [-0.3, -0.25) is 10.1 Å². The predicted molar refractivity (Wildman–Crippen MR) is 153 cm³/mol. The summed E-state index contributed by atoms with van der Waals surface area (Å²) in [5.41, 5.74) is 0.560. The number of methoxy groups -OCH3 is 1. The fourth-order valence-corrected chi connectivity index (χ4v) is 5.05. The number of hydrogen-bond acceptors (Lipinski definition) is 9. The summed E-state index contributed by atoms with van der Waals surface area (Å²) >= 11 is 0. The molecule has 0 radical (unpaired) electrons. The van der Waals surface area contributed by atoms with Gasteiger partial charge in [0, 0.05) is 11.3 Å². The van der Waals surface area contributed by atoms with Crippen LogP contribution >= 0.6 is 0 Å². The lowest BCUT2D eigenvalue weighted by Gasteiger charge is -2.19. The number of ether oxygens (including phenoxy) is 2. The van der Waals surface area contributed by atoms with E-state index < -0.39 is 39.5 Å². The fourth-order valence-electron chi connectivity index (χ4n) is 3.86. The Morgan fingerprint density at radius 3 is 2.30 bits per heavy atom. The molecule has 0 fully saturated rings. The molecule has 0 saturated carbocycles. The number of carbonyl (C=O) groups excluding carboxylic acids is 1. The number of aromatic nitrogens is 2.